The molecule has 23 heavy (non-hydrogen) atoms. The first-order chi connectivity index (χ1) is 11.0. The van der Waals surface area contributed by atoms with Gasteiger partial charge in [0.2, 0.25) is 5.89 Å². The van der Waals surface area contributed by atoms with Crippen molar-refractivity contribution in [3.8, 4) is 11.3 Å². The van der Waals surface area contributed by atoms with Crippen LogP contribution in [0.15, 0.2) is 58.1 Å². The molecule has 0 fully saturated rings. The fraction of sp³-hybridized carbons (Fsp3) is 0.0667. The summed E-state index contributed by atoms with van der Waals surface area (Å²) < 4.78 is 20.1. The maximum atomic E-state index is 13.2. The molecule has 1 aromatic carbocycles. The van der Waals surface area contributed by atoms with Crippen LogP contribution in [-0.2, 0) is 6.54 Å². The van der Waals surface area contributed by atoms with Crippen molar-refractivity contribution in [2.75, 3.05) is 0 Å². The highest BCUT2D eigenvalue weighted by Gasteiger charge is 2.13. The molecule has 7 nitrogen and oxygen atoms in total. The minimum atomic E-state index is -0.743. The van der Waals surface area contributed by atoms with Crippen LogP contribution in [0.25, 0.3) is 11.3 Å². The van der Waals surface area contributed by atoms with Crippen LogP contribution in [0.5, 0.6) is 0 Å². The maximum Gasteiger partial charge on any atom is 0.332 e. The minimum Gasteiger partial charge on any atom is -0.439 e. The fourth-order valence-electron chi connectivity index (χ4n) is 2.06. The van der Waals surface area contributed by atoms with Gasteiger partial charge in [0.1, 0.15) is 5.82 Å². The third-order valence-corrected chi connectivity index (χ3v) is 3.14. The minimum absolute atomic E-state index is 0.108. The van der Waals surface area contributed by atoms with Crippen molar-refractivity contribution >= 4 is 5.69 Å². The van der Waals surface area contributed by atoms with Crippen molar-refractivity contribution in [3.05, 3.63) is 81.0 Å². The zero-order chi connectivity index (χ0) is 16.4. The Bertz CT molecular complexity index is 932. The Balaban J connectivity index is 1.86. The van der Waals surface area contributed by atoms with E-state index in [0.717, 1.165) is 12.3 Å². The summed E-state index contributed by atoms with van der Waals surface area (Å²) in [6.07, 6.45) is 3.97. The highest BCUT2D eigenvalue weighted by atomic mass is 19.1. The first-order valence-corrected chi connectivity index (χ1v) is 6.58. The molecule has 0 bridgehead atoms. The molecular formula is C15H10FN3O4. The topological polar surface area (TPSA) is 91.2 Å². The van der Waals surface area contributed by atoms with Gasteiger partial charge in [-0.2, -0.15) is 0 Å². The number of halogens is 1. The molecule has 0 aliphatic carbocycles. The van der Waals surface area contributed by atoms with Gasteiger partial charge in [0.25, 0.3) is 5.43 Å². The van der Waals surface area contributed by atoms with Gasteiger partial charge in [-0.15, -0.1) is 0 Å². The van der Waals surface area contributed by atoms with Crippen LogP contribution in [0.2, 0.25) is 0 Å². The first-order valence-electron chi connectivity index (χ1n) is 6.58. The molecule has 8 heteroatoms. The SMILES string of the molecule is O=c1ccn(Cc2ncc(-c3cccc(F)c3)o2)cc1[N+](=O)[O-]. The Kier molecular flexibility index (Phi) is 3.71. The Hall–Kier alpha value is -3.29. The van der Waals surface area contributed by atoms with Crippen LogP contribution in [0.4, 0.5) is 10.1 Å². The number of oxazole rings is 1. The number of hydrogen-bond donors (Lipinski definition) is 0. The van der Waals surface area contributed by atoms with E-state index < -0.39 is 21.9 Å². The lowest BCUT2D eigenvalue weighted by molar-refractivity contribution is -0.386. The fourth-order valence-corrected chi connectivity index (χ4v) is 2.06. The van der Waals surface area contributed by atoms with Gasteiger partial charge in [-0.05, 0) is 12.1 Å². The summed E-state index contributed by atoms with van der Waals surface area (Å²) >= 11 is 0. The Labute approximate surface area is 128 Å². The third kappa shape index (κ3) is 3.15. The summed E-state index contributed by atoms with van der Waals surface area (Å²) in [6.45, 7) is 0.108. The second-order valence-corrected chi connectivity index (χ2v) is 4.75. The van der Waals surface area contributed by atoms with Gasteiger partial charge in [0.05, 0.1) is 23.9 Å². The molecule has 2 aromatic heterocycles. The lowest BCUT2D eigenvalue weighted by Crippen LogP contribution is -2.11. The quantitative estimate of drug-likeness (QED) is 0.545. The summed E-state index contributed by atoms with van der Waals surface area (Å²) in [6, 6.07) is 6.97. The van der Waals surface area contributed by atoms with E-state index in [1.165, 1.54) is 29.1 Å². The van der Waals surface area contributed by atoms with E-state index in [4.69, 9.17) is 4.42 Å². The van der Waals surface area contributed by atoms with E-state index in [1.807, 2.05) is 0 Å². The Morgan fingerprint density at radius 1 is 1.35 bits per heavy atom. The van der Waals surface area contributed by atoms with E-state index in [9.17, 15) is 19.3 Å². The van der Waals surface area contributed by atoms with Gasteiger partial charge in [-0.25, -0.2) is 9.37 Å². The highest BCUT2D eigenvalue weighted by molar-refractivity contribution is 5.56. The van der Waals surface area contributed by atoms with Crippen LogP contribution in [0.3, 0.4) is 0 Å². The van der Waals surface area contributed by atoms with Crippen molar-refractivity contribution in [2.24, 2.45) is 0 Å². The van der Waals surface area contributed by atoms with Crippen LogP contribution in [0.1, 0.15) is 5.89 Å². The predicted octanol–water partition coefficient (Wildman–Crippen LogP) is 2.60. The molecule has 0 radical (unpaired) electrons. The summed E-state index contributed by atoms with van der Waals surface area (Å²) in [5.74, 6) is 0.272. The molecule has 0 unspecified atom stereocenters. The average molecular weight is 315 g/mol. The van der Waals surface area contributed by atoms with Crippen LogP contribution >= 0.6 is 0 Å². The van der Waals surface area contributed by atoms with E-state index in [2.05, 4.69) is 4.98 Å². The van der Waals surface area contributed by atoms with Crippen molar-refractivity contribution in [1.82, 2.24) is 9.55 Å². The van der Waals surface area contributed by atoms with E-state index in [-0.39, 0.29) is 12.4 Å². The standard InChI is InChI=1S/C15H10FN3O4/c16-11-3-1-2-10(6-11)14-7-17-15(23-14)9-18-5-4-13(20)12(8-18)19(21)22/h1-8H,9H2. The van der Waals surface area contributed by atoms with Gasteiger partial charge in [-0.3, -0.25) is 14.9 Å². The zero-order valence-electron chi connectivity index (χ0n) is 11.7. The molecule has 2 heterocycles. The molecule has 0 aliphatic rings. The van der Waals surface area contributed by atoms with E-state index >= 15 is 0 Å². The smallest absolute Gasteiger partial charge is 0.332 e. The van der Waals surface area contributed by atoms with Crippen molar-refractivity contribution in [2.45, 2.75) is 6.54 Å². The largest absolute Gasteiger partial charge is 0.439 e. The van der Waals surface area contributed by atoms with Gasteiger partial charge >= 0.3 is 5.69 Å². The average Bonchev–Trinajstić information content (AvgIpc) is 2.97. The predicted molar refractivity (Wildman–Crippen MR) is 78.4 cm³/mol. The molecule has 0 N–H and O–H groups in total. The number of pyridine rings is 1. The summed E-state index contributed by atoms with van der Waals surface area (Å²) in [5.41, 5.74) is -0.654. The second kappa shape index (κ2) is 5.84. The Morgan fingerprint density at radius 3 is 2.91 bits per heavy atom. The van der Waals surface area contributed by atoms with Crippen LogP contribution < -0.4 is 5.43 Å². The molecule has 0 spiro atoms. The van der Waals surface area contributed by atoms with Gasteiger partial charge in [0, 0.05) is 17.8 Å². The molecule has 116 valence electrons. The van der Waals surface area contributed by atoms with Gasteiger partial charge in [-0.1, -0.05) is 12.1 Å². The number of nitrogens with zero attached hydrogens (tertiary/aromatic N) is 3. The molecule has 0 saturated carbocycles. The van der Waals surface area contributed by atoms with Crippen molar-refractivity contribution in [1.29, 1.82) is 0 Å². The molecule has 0 saturated heterocycles. The normalized spacial score (nSPS) is 10.7. The highest BCUT2D eigenvalue weighted by Crippen LogP contribution is 2.21. The lowest BCUT2D eigenvalue weighted by Gasteiger charge is -2.02. The lowest BCUT2D eigenvalue weighted by atomic mass is 10.2. The van der Waals surface area contributed by atoms with Crippen molar-refractivity contribution < 1.29 is 13.7 Å². The maximum absolute atomic E-state index is 13.2. The van der Waals surface area contributed by atoms with Gasteiger partial charge in [0.15, 0.2) is 5.76 Å². The molecule has 0 aliphatic heterocycles. The summed E-state index contributed by atoms with van der Waals surface area (Å²) in [5, 5.41) is 10.8. The summed E-state index contributed by atoms with van der Waals surface area (Å²) in [4.78, 5) is 25.4. The molecule has 3 rings (SSSR count). The number of hydrogen-bond acceptors (Lipinski definition) is 5. The number of nitro groups is 1. The van der Waals surface area contributed by atoms with E-state index in [0.29, 0.717) is 11.3 Å². The molecule has 0 amide bonds. The van der Waals surface area contributed by atoms with Crippen LogP contribution in [-0.4, -0.2) is 14.5 Å². The van der Waals surface area contributed by atoms with E-state index in [1.54, 1.807) is 12.1 Å². The number of aromatic nitrogens is 2. The number of rotatable bonds is 4. The third-order valence-electron chi connectivity index (χ3n) is 3.14. The first kappa shape index (κ1) is 14.6. The van der Waals surface area contributed by atoms with Gasteiger partial charge < -0.3 is 8.98 Å². The molecule has 3 aromatic rings. The monoisotopic (exact) mass is 315 g/mol. The number of benzene rings is 1. The Morgan fingerprint density at radius 2 is 2.17 bits per heavy atom. The zero-order valence-corrected chi connectivity index (χ0v) is 11.7. The van der Waals surface area contributed by atoms with Crippen molar-refractivity contribution in [3.63, 3.8) is 0 Å². The van der Waals surface area contributed by atoms with Crippen LogP contribution in [0, 0.1) is 15.9 Å². The molecule has 0 atom stereocenters. The summed E-state index contributed by atoms with van der Waals surface area (Å²) in [7, 11) is 0. The second-order valence-electron chi connectivity index (χ2n) is 4.75. The molecular weight excluding hydrogens is 305 g/mol.